The maximum absolute atomic E-state index is 10.3. The van der Waals surface area contributed by atoms with Gasteiger partial charge in [-0.2, -0.15) is 0 Å². The second kappa shape index (κ2) is 13.3. The van der Waals surface area contributed by atoms with Crippen molar-refractivity contribution in [1.29, 1.82) is 0 Å². The molecule has 0 aliphatic heterocycles. The summed E-state index contributed by atoms with van der Waals surface area (Å²) in [7, 11) is -2.15. The molecule has 0 saturated heterocycles. The lowest BCUT2D eigenvalue weighted by Crippen LogP contribution is -1.88. The Hall–Kier alpha value is 0.240. The van der Waals surface area contributed by atoms with Crippen molar-refractivity contribution in [3.63, 3.8) is 0 Å². The van der Waals surface area contributed by atoms with Crippen molar-refractivity contribution in [1.82, 2.24) is 0 Å². The Balaban J connectivity index is 2.93. The van der Waals surface area contributed by atoms with E-state index in [1.54, 1.807) is 0 Å². The topological polar surface area (TPSA) is 34.1 Å². The Morgan fingerprint density at radius 2 is 1.00 bits per heavy atom. The Bertz CT molecular complexity index is 197. The highest BCUT2D eigenvalue weighted by atomic mass is 35.5. The second-order valence-electron chi connectivity index (χ2n) is 4.28. The van der Waals surface area contributed by atoms with E-state index in [1.165, 1.54) is 44.9 Å². The predicted molar refractivity (Wildman–Crippen MR) is 72.1 cm³/mol. The van der Waals surface area contributed by atoms with Gasteiger partial charge >= 0.3 is 0 Å². The molecule has 0 atom stereocenters. The number of alkyl halides is 1. The Kier molecular flexibility index (Phi) is 13.5. The lowest BCUT2D eigenvalue weighted by Gasteiger charge is -2.01. The number of rotatable bonds is 12. The van der Waals surface area contributed by atoms with Gasteiger partial charge in [0.25, 0.3) is 0 Å². The van der Waals surface area contributed by atoms with E-state index in [1.807, 2.05) is 0 Å². The summed E-state index contributed by atoms with van der Waals surface area (Å²) in [5, 5.41) is 0. The SMILES string of the molecule is O=[SH](=O)CCCCCCCCCCCCCl. The van der Waals surface area contributed by atoms with Crippen LogP contribution in [0.3, 0.4) is 0 Å². The highest BCUT2D eigenvalue weighted by Gasteiger charge is 1.93. The summed E-state index contributed by atoms with van der Waals surface area (Å²) in [6, 6.07) is 0. The molecule has 0 aromatic heterocycles. The molecule has 4 heteroatoms. The van der Waals surface area contributed by atoms with E-state index in [4.69, 9.17) is 11.6 Å². The van der Waals surface area contributed by atoms with E-state index in [-0.39, 0.29) is 0 Å². The molecule has 0 saturated carbocycles. The third kappa shape index (κ3) is 14.2. The van der Waals surface area contributed by atoms with Gasteiger partial charge in [-0.1, -0.05) is 51.4 Å². The first-order valence-electron chi connectivity index (χ1n) is 6.45. The van der Waals surface area contributed by atoms with E-state index >= 15 is 0 Å². The maximum Gasteiger partial charge on any atom is 0.140 e. The van der Waals surface area contributed by atoms with Crippen molar-refractivity contribution in [2.45, 2.75) is 64.2 Å². The molecule has 0 aliphatic carbocycles. The minimum absolute atomic E-state index is 0.369. The molecule has 0 rings (SSSR count). The van der Waals surface area contributed by atoms with E-state index in [0.717, 1.165) is 25.1 Å². The minimum atomic E-state index is -2.15. The molecule has 0 amide bonds. The van der Waals surface area contributed by atoms with Crippen LogP contribution >= 0.6 is 11.6 Å². The molecule has 0 heterocycles. The van der Waals surface area contributed by atoms with Gasteiger partial charge in [-0.25, -0.2) is 8.42 Å². The van der Waals surface area contributed by atoms with Gasteiger partial charge in [0.1, 0.15) is 10.7 Å². The first kappa shape index (κ1) is 16.2. The van der Waals surface area contributed by atoms with Crippen molar-refractivity contribution >= 4 is 22.3 Å². The van der Waals surface area contributed by atoms with Gasteiger partial charge in [0.05, 0.1) is 0 Å². The van der Waals surface area contributed by atoms with Gasteiger partial charge in [-0.15, -0.1) is 11.6 Å². The van der Waals surface area contributed by atoms with Gasteiger partial charge < -0.3 is 0 Å². The van der Waals surface area contributed by atoms with Crippen LogP contribution in [0.1, 0.15) is 64.2 Å². The van der Waals surface area contributed by atoms with Gasteiger partial charge in [0.15, 0.2) is 0 Å². The van der Waals surface area contributed by atoms with Crippen LogP contribution < -0.4 is 0 Å². The average Bonchev–Trinajstić information content (AvgIpc) is 2.25. The molecule has 0 radical (unpaired) electrons. The summed E-state index contributed by atoms with van der Waals surface area (Å²) in [6.07, 6.45) is 12.0. The maximum atomic E-state index is 10.3. The summed E-state index contributed by atoms with van der Waals surface area (Å²) >= 11 is 5.59. The van der Waals surface area contributed by atoms with Crippen LogP contribution in [0, 0.1) is 0 Å². The predicted octanol–water partition coefficient (Wildman–Crippen LogP) is 3.74. The lowest BCUT2D eigenvalue weighted by atomic mass is 10.1. The molecule has 0 aromatic carbocycles. The van der Waals surface area contributed by atoms with Crippen LogP contribution in [-0.2, 0) is 10.7 Å². The minimum Gasteiger partial charge on any atom is -0.232 e. The zero-order valence-corrected chi connectivity index (χ0v) is 11.8. The zero-order chi connectivity index (χ0) is 12.1. The molecular formula is C12H25ClO2S. The molecular weight excluding hydrogens is 244 g/mol. The number of unbranched alkanes of at least 4 members (excludes halogenated alkanes) is 9. The molecule has 0 aliphatic rings. The van der Waals surface area contributed by atoms with Gasteiger partial charge in [0, 0.05) is 11.6 Å². The molecule has 0 bridgehead atoms. The van der Waals surface area contributed by atoms with Gasteiger partial charge in [-0.05, 0) is 12.8 Å². The van der Waals surface area contributed by atoms with Crippen molar-refractivity contribution in [3.05, 3.63) is 0 Å². The molecule has 0 spiro atoms. The normalized spacial score (nSPS) is 11.1. The second-order valence-corrected chi connectivity index (χ2v) is 5.77. The average molecular weight is 269 g/mol. The monoisotopic (exact) mass is 268 g/mol. The molecule has 0 fully saturated rings. The largest absolute Gasteiger partial charge is 0.232 e. The molecule has 16 heavy (non-hydrogen) atoms. The number of halogens is 1. The van der Waals surface area contributed by atoms with Gasteiger partial charge in [0.2, 0.25) is 0 Å². The highest BCUT2D eigenvalue weighted by molar-refractivity contribution is 7.72. The highest BCUT2D eigenvalue weighted by Crippen LogP contribution is 2.10. The van der Waals surface area contributed by atoms with Crippen molar-refractivity contribution in [3.8, 4) is 0 Å². The van der Waals surface area contributed by atoms with Crippen molar-refractivity contribution in [2.75, 3.05) is 11.6 Å². The van der Waals surface area contributed by atoms with E-state index in [9.17, 15) is 8.42 Å². The third-order valence-corrected chi connectivity index (χ3v) is 3.67. The first-order valence-corrected chi connectivity index (χ1v) is 8.35. The standard InChI is InChI=1S/C12H25ClO2S/c13-11-9-7-5-3-1-2-4-6-8-10-12-16(14)15/h16H,1-12H2. The van der Waals surface area contributed by atoms with E-state index in [2.05, 4.69) is 0 Å². The van der Waals surface area contributed by atoms with E-state index < -0.39 is 10.7 Å². The summed E-state index contributed by atoms with van der Waals surface area (Å²) in [5.41, 5.74) is 0. The van der Waals surface area contributed by atoms with Crippen LogP contribution in [-0.4, -0.2) is 20.1 Å². The van der Waals surface area contributed by atoms with E-state index in [0.29, 0.717) is 5.75 Å². The summed E-state index contributed by atoms with van der Waals surface area (Å²) in [5.74, 6) is 1.16. The zero-order valence-electron chi connectivity index (χ0n) is 10.1. The van der Waals surface area contributed by atoms with Crippen molar-refractivity contribution < 1.29 is 8.42 Å². The van der Waals surface area contributed by atoms with Crippen LogP contribution in [0.2, 0.25) is 0 Å². The fourth-order valence-electron chi connectivity index (χ4n) is 1.75. The summed E-state index contributed by atoms with van der Waals surface area (Å²) in [6.45, 7) is 0. The summed E-state index contributed by atoms with van der Waals surface area (Å²) < 4.78 is 20.6. The number of hydrogen-bond donors (Lipinski definition) is 1. The molecule has 0 N–H and O–H groups in total. The Morgan fingerprint density at radius 3 is 1.38 bits per heavy atom. The van der Waals surface area contributed by atoms with Crippen LogP contribution in [0.5, 0.6) is 0 Å². The fraction of sp³-hybridized carbons (Fsp3) is 1.00. The molecule has 98 valence electrons. The Labute approximate surface area is 107 Å². The summed E-state index contributed by atoms with van der Waals surface area (Å²) in [4.78, 5) is 0. The molecule has 2 nitrogen and oxygen atoms in total. The third-order valence-electron chi connectivity index (χ3n) is 2.72. The Morgan fingerprint density at radius 1 is 0.625 bits per heavy atom. The number of thiol groups is 1. The molecule has 0 aromatic rings. The fourth-order valence-corrected chi connectivity index (χ4v) is 2.42. The first-order chi connectivity index (χ1) is 7.77. The van der Waals surface area contributed by atoms with Crippen LogP contribution in [0.15, 0.2) is 0 Å². The molecule has 0 unspecified atom stereocenters. The van der Waals surface area contributed by atoms with Gasteiger partial charge in [-0.3, -0.25) is 0 Å². The number of hydrogen-bond acceptors (Lipinski definition) is 2. The smallest absolute Gasteiger partial charge is 0.140 e. The van der Waals surface area contributed by atoms with Crippen molar-refractivity contribution in [2.24, 2.45) is 0 Å². The van der Waals surface area contributed by atoms with Crippen LogP contribution in [0.4, 0.5) is 0 Å². The quantitative estimate of drug-likeness (QED) is 0.332. The lowest BCUT2D eigenvalue weighted by molar-refractivity contribution is 0.560. The van der Waals surface area contributed by atoms with Crippen LogP contribution in [0.25, 0.3) is 0 Å².